The molecule has 0 bridgehead atoms. The summed E-state index contributed by atoms with van der Waals surface area (Å²) >= 11 is 5.88. The van der Waals surface area contributed by atoms with E-state index in [-0.39, 0.29) is 10.8 Å². The van der Waals surface area contributed by atoms with E-state index in [0.29, 0.717) is 30.3 Å². The van der Waals surface area contributed by atoms with E-state index in [1.807, 2.05) is 6.07 Å². The van der Waals surface area contributed by atoms with Crippen molar-refractivity contribution in [2.24, 2.45) is 5.92 Å². The number of amides is 1. The van der Waals surface area contributed by atoms with Crippen LogP contribution in [0.3, 0.4) is 0 Å². The van der Waals surface area contributed by atoms with Gasteiger partial charge in [-0.25, -0.2) is 4.39 Å². The standard InChI is InChI=1S/C18H22ClFN2O/c19-15-9-12(1-5-16(15)20)10-21-8-7-17-13(11-21)2-6-18(23)22(17)14-3-4-14/h1,5,9,13-14,17H,2-4,6-8,10-11H2/t13-,17-/m1/s1. The lowest BCUT2D eigenvalue weighted by Gasteiger charge is -2.47. The fourth-order valence-electron chi connectivity index (χ4n) is 4.23. The van der Waals surface area contributed by atoms with Crippen molar-refractivity contribution in [2.45, 2.75) is 50.7 Å². The molecule has 1 amide bonds. The highest BCUT2D eigenvalue weighted by molar-refractivity contribution is 6.30. The molecule has 124 valence electrons. The number of hydrogen-bond donors (Lipinski definition) is 0. The summed E-state index contributed by atoms with van der Waals surface area (Å²) < 4.78 is 13.3. The summed E-state index contributed by atoms with van der Waals surface area (Å²) in [5, 5.41) is 0.195. The minimum Gasteiger partial charge on any atom is -0.336 e. The molecule has 0 N–H and O–H groups in total. The lowest BCUT2D eigenvalue weighted by molar-refractivity contribution is -0.142. The molecule has 23 heavy (non-hydrogen) atoms. The van der Waals surface area contributed by atoms with E-state index < -0.39 is 0 Å². The van der Waals surface area contributed by atoms with Gasteiger partial charge in [0, 0.05) is 38.1 Å². The second-order valence-electron chi connectivity index (χ2n) is 7.17. The Labute approximate surface area is 141 Å². The number of piperidine rings is 2. The first-order valence-corrected chi connectivity index (χ1v) is 8.97. The van der Waals surface area contributed by atoms with Crippen LogP contribution in [0, 0.1) is 11.7 Å². The number of carbonyl (C=O) groups is 1. The Kier molecular flexibility index (Phi) is 4.06. The molecule has 0 spiro atoms. The summed E-state index contributed by atoms with van der Waals surface area (Å²) in [7, 11) is 0. The number of nitrogens with zero attached hydrogens (tertiary/aromatic N) is 2. The van der Waals surface area contributed by atoms with Crippen LogP contribution < -0.4 is 0 Å². The van der Waals surface area contributed by atoms with Crippen molar-refractivity contribution in [2.75, 3.05) is 13.1 Å². The van der Waals surface area contributed by atoms with Gasteiger partial charge in [-0.3, -0.25) is 9.69 Å². The molecule has 2 saturated heterocycles. The number of fused-ring (bicyclic) bond motifs is 1. The number of halogens is 2. The number of likely N-dealkylation sites (tertiary alicyclic amines) is 2. The van der Waals surface area contributed by atoms with Gasteiger partial charge in [-0.2, -0.15) is 0 Å². The molecule has 3 nitrogen and oxygen atoms in total. The van der Waals surface area contributed by atoms with Gasteiger partial charge in [0.25, 0.3) is 0 Å². The van der Waals surface area contributed by atoms with Gasteiger partial charge in [0.2, 0.25) is 5.91 Å². The van der Waals surface area contributed by atoms with E-state index in [9.17, 15) is 9.18 Å². The van der Waals surface area contributed by atoms with E-state index in [1.54, 1.807) is 6.07 Å². The van der Waals surface area contributed by atoms with Crippen LogP contribution in [0.15, 0.2) is 18.2 Å². The molecular weight excluding hydrogens is 315 g/mol. The van der Waals surface area contributed by atoms with Crippen molar-refractivity contribution in [1.82, 2.24) is 9.80 Å². The summed E-state index contributed by atoms with van der Waals surface area (Å²) in [6, 6.07) is 5.95. The van der Waals surface area contributed by atoms with E-state index in [2.05, 4.69) is 9.80 Å². The van der Waals surface area contributed by atoms with Gasteiger partial charge in [-0.15, -0.1) is 0 Å². The lowest BCUT2D eigenvalue weighted by atomic mass is 9.83. The molecule has 1 saturated carbocycles. The van der Waals surface area contributed by atoms with E-state index in [4.69, 9.17) is 11.6 Å². The Morgan fingerprint density at radius 3 is 2.78 bits per heavy atom. The number of rotatable bonds is 3. The molecule has 5 heteroatoms. The first kappa shape index (κ1) is 15.4. The predicted molar refractivity (Wildman–Crippen MR) is 87.7 cm³/mol. The largest absolute Gasteiger partial charge is 0.336 e. The molecule has 1 aliphatic carbocycles. The zero-order chi connectivity index (χ0) is 16.0. The fourth-order valence-corrected chi connectivity index (χ4v) is 4.44. The molecule has 3 aliphatic rings. The van der Waals surface area contributed by atoms with Crippen LogP contribution in [0.1, 0.15) is 37.7 Å². The smallest absolute Gasteiger partial charge is 0.223 e. The number of benzene rings is 1. The summed E-state index contributed by atoms with van der Waals surface area (Å²) in [6.45, 7) is 2.82. The van der Waals surface area contributed by atoms with Crippen molar-refractivity contribution < 1.29 is 9.18 Å². The van der Waals surface area contributed by atoms with Gasteiger partial charge < -0.3 is 4.90 Å². The predicted octanol–water partition coefficient (Wildman–Crippen LogP) is 3.45. The fraction of sp³-hybridized carbons (Fsp3) is 0.611. The number of carbonyl (C=O) groups excluding carboxylic acids is 1. The summed E-state index contributed by atoms with van der Waals surface area (Å²) in [5.74, 6) is 0.588. The second-order valence-corrected chi connectivity index (χ2v) is 7.58. The first-order valence-electron chi connectivity index (χ1n) is 8.59. The van der Waals surface area contributed by atoms with Crippen LogP contribution in [-0.2, 0) is 11.3 Å². The Balaban J connectivity index is 1.42. The van der Waals surface area contributed by atoms with Gasteiger partial charge in [-0.05, 0) is 49.3 Å². The minimum absolute atomic E-state index is 0.195. The van der Waals surface area contributed by atoms with Crippen molar-refractivity contribution >= 4 is 17.5 Å². The molecule has 0 unspecified atom stereocenters. The maximum atomic E-state index is 13.3. The van der Waals surface area contributed by atoms with Crippen LogP contribution in [0.5, 0.6) is 0 Å². The van der Waals surface area contributed by atoms with Crippen molar-refractivity contribution in [3.63, 3.8) is 0 Å². The molecule has 3 fully saturated rings. The maximum Gasteiger partial charge on any atom is 0.223 e. The van der Waals surface area contributed by atoms with Crippen LogP contribution in [0.25, 0.3) is 0 Å². The molecule has 1 aromatic rings. The average Bonchev–Trinajstić information content (AvgIpc) is 3.36. The summed E-state index contributed by atoms with van der Waals surface area (Å²) in [4.78, 5) is 16.9. The lowest BCUT2D eigenvalue weighted by Crippen LogP contribution is -2.56. The van der Waals surface area contributed by atoms with Gasteiger partial charge in [0.15, 0.2) is 0 Å². The molecule has 1 aromatic carbocycles. The third-order valence-corrected chi connectivity index (χ3v) is 5.77. The van der Waals surface area contributed by atoms with Crippen molar-refractivity contribution in [3.05, 3.63) is 34.6 Å². The molecule has 0 aromatic heterocycles. The quantitative estimate of drug-likeness (QED) is 0.844. The SMILES string of the molecule is O=C1CC[C@@H]2CN(Cc3ccc(F)c(Cl)c3)CC[C@H]2N1C1CC1. The highest BCUT2D eigenvalue weighted by Crippen LogP contribution is 2.39. The van der Waals surface area contributed by atoms with Gasteiger partial charge in [0.05, 0.1) is 5.02 Å². The summed E-state index contributed by atoms with van der Waals surface area (Å²) in [5.41, 5.74) is 1.06. The zero-order valence-corrected chi connectivity index (χ0v) is 13.9. The normalized spacial score (nSPS) is 28.8. The topological polar surface area (TPSA) is 23.6 Å². The van der Waals surface area contributed by atoms with Crippen LogP contribution in [0.2, 0.25) is 5.02 Å². The molecule has 2 atom stereocenters. The van der Waals surface area contributed by atoms with Crippen molar-refractivity contribution in [3.8, 4) is 0 Å². The Hall–Kier alpha value is -1.13. The average molecular weight is 337 g/mol. The van der Waals surface area contributed by atoms with Crippen molar-refractivity contribution in [1.29, 1.82) is 0 Å². The first-order chi connectivity index (χ1) is 11.1. The highest BCUT2D eigenvalue weighted by atomic mass is 35.5. The Morgan fingerprint density at radius 2 is 2.04 bits per heavy atom. The molecule has 0 radical (unpaired) electrons. The van der Waals surface area contributed by atoms with Crippen LogP contribution in [0.4, 0.5) is 4.39 Å². The van der Waals surface area contributed by atoms with Gasteiger partial charge >= 0.3 is 0 Å². The third kappa shape index (κ3) is 3.11. The number of hydrogen-bond acceptors (Lipinski definition) is 2. The maximum absolute atomic E-state index is 13.3. The van der Waals surface area contributed by atoms with Gasteiger partial charge in [-0.1, -0.05) is 17.7 Å². The third-order valence-electron chi connectivity index (χ3n) is 5.48. The minimum atomic E-state index is -0.361. The van der Waals surface area contributed by atoms with E-state index in [0.717, 1.165) is 38.0 Å². The van der Waals surface area contributed by atoms with Crippen LogP contribution in [-0.4, -0.2) is 40.9 Å². The molecule has 2 aliphatic heterocycles. The Morgan fingerprint density at radius 1 is 1.22 bits per heavy atom. The van der Waals surface area contributed by atoms with Gasteiger partial charge in [0.1, 0.15) is 5.82 Å². The zero-order valence-electron chi connectivity index (χ0n) is 13.2. The van der Waals surface area contributed by atoms with E-state index >= 15 is 0 Å². The monoisotopic (exact) mass is 336 g/mol. The Bertz CT molecular complexity index is 619. The molecular formula is C18H22ClFN2O. The van der Waals surface area contributed by atoms with Crippen LogP contribution >= 0.6 is 11.6 Å². The second kappa shape index (κ2) is 6.06. The highest BCUT2D eigenvalue weighted by Gasteiger charge is 2.45. The summed E-state index contributed by atoms with van der Waals surface area (Å²) in [6.07, 6.45) is 5.14. The molecule has 4 rings (SSSR count). The van der Waals surface area contributed by atoms with E-state index in [1.165, 1.54) is 18.9 Å². The molecule has 2 heterocycles.